The van der Waals surface area contributed by atoms with Crippen molar-refractivity contribution in [1.82, 2.24) is 9.78 Å². The van der Waals surface area contributed by atoms with Crippen molar-refractivity contribution in [1.29, 1.82) is 5.26 Å². The monoisotopic (exact) mass is 436 g/mol. The van der Waals surface area contributed by atoms with Crippen LogP contribution in [0.5, 0.6) is 0 Å². The van der Waals surface area contributed by atoms with Crippen LogP contribution in [0.25, 0.3) is 5.69 Å². The van der Waals surface area contributed by atoms with E-state index in [9.17, 15) is 10.1 Å². The lowest BCUT2D eigenvalue weighted by Gasteiger charge is -2.23. The van der Waals surface area contributed by atoms with Gasteiger partial charge in [-0.1, -0.05) is 41.4 Å². The average molecular weight is 437 g/mol. The fraction of sp³-hybridized carbons (Fsp3) is 0.292. The third kappa shape index (κ3) is 5.52. The molecule has 0 aliphatic rings. The normalized spacial score (nSPS) is 11.2. The SMILES string of the molecule is Cc1ccc(C(=O)c2nn(-c3ccc(Cl)cc3)c(NCCC[N+](C)(C)C)c2C#N)cc1. The Balaban J connectivity index is 2.01. The molecule has 0 bridgehead atoms. The zero-order valence-electron chi connectivity index (χ0n) is 18.3. The third-order valence-electron chi connectivity index (χ3n) is 4.90. The van der Waals surface area contributed by atoms with E-state index in [1.165, 1.54) is 0 Å². The molecule has 2 aromatic carbocycles. The highest BCUT2D eigenvalue weighted by molar-refractivity contribution is 6.30. The van der Waals surface area contributed by atoms with Gasteiger partial charge < -0.3 is 9.80 Å². The smallest absolute Gasteiger partial charge is 0.214 e. The maximum Gasteiger partial charge on any atom is 0.214 e. The predicted octanol–water partition coefficient (Wildman–Crippen LogP) is 4.45. The summed E-state index contributed by atoms with van der Waals surface area (Å²) >= 11 is 6.04. The van der Waals surface area contributed by atoms with Crippen molar-refractivity contribution in [3.63, 3.8) is 0 Å². The van der Waals surface area contributed by atoms with Gasteiger partial charge in [-0.2, -0.15) is 10.4 Å². The second kappa shape index (κ2) is 9.34. The molecule has 1 N–H and O–H groups in total. The zero-order valence-corrected chi connectivity index (χ0v) is 19.1. The van der Waals surface area contributed by atoms with Gasteiger partial charge in [-0.25, -0.2) is 4.68 Å². The molecule has 1 aromatic heterocycles. The predicted molar refractivity (Wildman–Crippen MR) is 124 cm³/mol. The highest BCUT2D eigenvalue weighted by Crippen LogP contribution is 2.26. The van der Waals surface area contributed by atoms with Gasteiger partial charge >= 0.3 is 0 Å². The fourth-order valence-electron chi connectivity index (χ4n) is 3.22. The molecule has 0 atom stereocenters. The maximum absolute atomic E-state index is 13.2. The van der Waals surface area contributed by atoms with Crippen LogP contribution in [-0.4, -0.2) is 54.3 Å². The first-order chi connectivity index (χ1) is 14.7. The molecule has 0 saturated carbocycles. The highest BCUT2D eigenvalue weighted by atomic mass is 35.5. The summed E-state index contributed by atoms with van der Waals surface area (Å²) < 4.78 is 2.46. The number of halogens is 1. The number of ketones is 1. The number of carbonyl (C=O) groups is 1. The molecule has 6 nitrogen and oxygen atoms in total. The molecule has 0 saturated heterocycles. The van der Waals surface area contributed by atoms with Crippen LogP contribution in [0, 0.1) is 18.3 Å². The van der Waals surface area contributed by atoms with Crippen molar-refractivity contribution in [2.24, 2.45) is 0 Å². The maximum atomic E-state index is 13.2. The molecular formula is C24H27ClN5O+. The van der Waals surface area contributed by atoms with Crippen molar-refractivity contribution in [3.05, 3.63) is 75.9 Å². The summed E-state index contributed by atoms with van der Waals surface area (Å²) in [5.74, 6) is 0.236. The Bertz CT molecular complexity index is 1100. The van der Waals surface area contributed by atoms with Gasteiger partial charge in [-0.15, -0.1) is 0 Å². The first-order valence-corrected chi connectivity index (χ1v) is 10.5. The number of anilines is 1. The summed E-state index contributed by atoms with van der Waals surface area (Å²) in [6.45, 7) is 3.59. The minimum atomic E-state index is -0.279. The van der Waals surface area contributed by atoms with E-state index in [1.807, 2.05) is 31.2 Å². The number of rotatable bonds is 8. The molecule has 1 heterocycles. The van der Waals surface area contributed by atoms with E-state index >= 15 is 0 Å². The van der Waals surface area contributed by atoms with Crippen LogP contribution < -0.4 is 5.32 Å². The third-order valence-corrected chi connectivity index (χ3v) is 5.15. The van der Waals surface area contributed by atoms with E-state index in [1.54, 1.807) is 28.9 Å². The quantitative estimate of drug-likeness (QED) is 0.322. The van der Waals surface area contributed by atoms with Gasteiger partial charge in [0, 0.05) is 23.6 Å². The highest BCUT2D eigenvalue weighted by Gasteiger charge is 2.25. The Morgan fingerprint density at radius 2 is 1.77 bits per heavy atom. The number of benzene rings is 2. The van der Waals surface area contributed by atoms with Gasteiger partial charge in [-0.3, -0.25) is 4.79 Å². The van der Waals surface area contributed by atoms with E-state index < -0.39 is 0 Å². The first-order valence-electron chi connectivity index (χ1n) is 10.1. The minimum Gasteiger partial charge on any atom is -0.369 e. The lowest BCUT2D eigenvalue weighted by atomic mass is 10.0. The first kappa shape index (κ1) is 22.5. The molecule has 0 unspecified atom stereocenters. The second-order valence-corrected chi connectivity index (χ2v) is 9.00. The van der Waals surface area contributed by atoms with Crippen molar-refractivity contribution >= 4 is 23.2 Å². The summed E-state index contributed by atoms with van der Waals surface area (Å²) in [6.07, 6.45) is 0.904. The van der Waals surface area contributed by atoms with Crippen LogP contribution in [0.3, 0.4) is 0 Å². The number of nitrogens with zero attached hydrogens (tertiary/aromatic N) is 4. The lowest BCUT2D eigenvalue weighted by molar-refractivity contribution is -0.870. The van der Waals surface area contributed by atoms with Crippen LogP contribution in [0.4, 0.5) is 5.82 Å². The molecule has 3 rings (SSSR count). The van der Waals surface area contributed by atoms with Crippen molar-refractivity contribution < 1.29 is 9.28 Å². The van der Waals surface area contributed by atoms with Gasteiger partial charge in [0.05, 0.1) is 33.4 Å². The molecule has 3 aromatic rings. The van der Waals surface area contributed by atoms with Crippen molar-refractivity contribution in [2.45, 2.75) is 13.3 Å². The van der Waals surface area contributed by atoms with Crippen LogP contribution in [0.1, 0.15) is 33.6 Å². The molecule has 0 aliphatic carbocycles. The van der Waals surface area contributed by atoms with Gasteiger partial charge in [0.1, 0.15) is 17.5 Å². The average Bonchev–Trinajstić information content (AvgIpc) is 3.09. The number of hydrogen-bond acceptors (Lipinski definition) is 4. The van der Waals surface area contributed by atoms with E-state index in [2.05, 4.69) is 37.6 Å². The Morgan fingerprint density at radius 1 is 1.13 bits per heavy atom. The minimum absolute atomic E-state index is 0.135. The molecule has 0 fully saturated rings. The summed E-state index contributed by atoms with van der Waals surface area (Å²) in [5, 5.41) is 18.4. The van der Waals surface area contributed by atoms with E-state index in [-0.39, 0.29) is 17.0 Å². The van der Waals surface area contributed by atoms with Crippen LogP contribution in [-0.2, 0) is 0 Å². The van der Waals surface area contributed by atoms with Crippen molar-refractivity contribution in [2.75, 3.05) is 39.5 Å². The summed E-state index contributed by atoms with van der Waals surface area (Å²) in [7, 11) is 6.41. The van der Waals surface area contributed by atoms with E-state index in [4.69, 9.17) is 11.6 Å². The van der Waals surface area contributed by atoms with Gasteiger partial charge in [0.2, 0.25) is 5.78 Å². The fourth-order valence-corrected chi connectivity index (χ4v) is 3.34. The summed E-state index contributed by atoms with van der Waals surface area (Å²) in [6, 6.07) is 16.6. The summed E-state index contributed by atoms with van der Waals surface area (Å²) in [4.78, 5) is 13.2. The molecule has 0 amide bonds. The summed E-state index contributed by atoms with van der Waals surface area (Å²) in [5.41, 5.74) is 2.65. The van der Waals surface area contributed by atoms with Gasteiger partial charge in [0.15, 0.2) is 5.69 Å². The number of aromatic nitrogens is 2. The number of hydrogen-bond donors (Lipinski definition) is 1. The molecular weight excluding hydrogens is 410 g/mol. The molecule has 0 radical (unpaired) electrons. The largest absolute Gasteiger partial charge is 0.369 e. The Labute approximate surface area is 188 Å². The van der Waals surface area contributed by atoms with Crippen LogP contribution in [0.2, 0.25) is 5.02 Å². The Hall–Kier alpha value is -3.14. The number of carbonyl (C=O) groups excluding carboxylic acids is 1. The van der Waals surface area contributed by atoms with Crippen LogP contribution >= 0.6 is 11.6 Å². The Morgan fingerprint density at radius 3 is 2.35 bits per heavy atom. The number of quaternary nitrogens is 1. The molecule has 7 heteroatoms. The molecule has 0 aliphatic heterocycles. The van der Waals surface area contributed by atoms with Crippen LogP contribution in [0.15, 0.2) is 48.5 Å². The molecule has 160 valence electrons. The second-order valence-electron chi connectivity index (χ2n) is 8.56. The molecule has 31 heavy (non-hydrogen) atoms. The molecule has 0 spiro atoms. The van der Waals surface area contributed by atoms with E-state index in [0.717, 1.165) is 28.7 Å². The Kier molecular flexibility index (Phi) is 6.79. The standard InChI is InChI=1S/C24H27ClN5O/c1-17-6-8-18(9-7-17)23(31)22-21(16-26)24(27-14-5-15-30(2,3)4)29(28-22)20-12-10-19(25)11-13-20/h6-13,27H,5,14-15H2,1-4H3/q+1. The number of nitrogens with one attached hydrogen (secondary N) is 1. The van der Waals surface area contributed by atoms with E-state index in [0.29, 0.717) is 22.9 Å². The topological polar surface area (TPSA) is 70.7 Å². The number of aryl methyl sites for hydroxylation is 1. The van der Waals surface area contributed by atoms with Gasteiger partial charge in [0.25, 0.3) is 0 Å². The van der Waals surface area contributed by atoms with Crippen molar-refractivity contribution in [3.8, 4) is 11.8 Å². The number of nitriles is 1. The lowest BCUT2D eigenvalue weighted by Crippen LogP contribution is -2.36. The van der Waals surface area contributed by atoms with Gasteiger partial charge in [-0.05, 0) is 31.2 Å². The zero-order chi connectivity index (χ0) is 22.6.